The number of ketones is 1. The number of ether oxygens (including phenoxy) is 1. The maximum Gasteiger partial charge on any atom is 0.182 e. The van der Waals surface area contributed by atoms with Crippen molar-refractivity contribution in [1.29, 1.82) is 5.26 Å². The Labute approximate surface area is 115 Å². The molecule has 0 bridgehead atoms. The summed E-state index contributed by atoms with van der Waals surface area (Å²) in [4.78, 5) is 12.3. The summed E-state index contributed by atoms with van der Waals surface area (Å²) >= 11 is 0. The molecule has 3 nitrogen and oxygen atoms in total. The molecule has 0 aromatic heterocycles. The number of carbonyl (C=O) groups is 1. The molecule has 19 heavy (non-hydrogen) atoms. The van der Waals surface area contributed by atoms with Crippen molar-refractivity contribution in [2.75, 3.05) is 7.11 Å². The highest BCUT2D eigenvalue weighted by Crippen LogP contribution is 2.33. The molecule has 0 spiro atoms. The molecule has 0 aliphatic rings. The van der Waals surface area contributed by atoms with Gasteiger partial charge in [0.25, 0.3) is 0 Å². The molecule has 0 aliphatic carbocycles. The monoisotopic (exact) mass is 259 g/mol. The summed E-state index contributed by atoms with van der Waals surface area (Å²) in [7, 11) is 1.62. The average Bonchev–Trinajstić information content (AvgIpc) is 2.36. The van der Waals surface area contributed by atoms with E-state index in [2.05, 4.69) is 20.8 Å². The molecule has 1 aromatic rings. The second kappa shape index (κ2) is 5.05. The van der Waals surface area contributed by atoms with E-state index in [1.165, 1.54) is 0 Å². The van der Waals surface area contributed by atoms with Crippen molar-refractivity contribution in [2.45, 2.75) is 40.0 Å². The topological polar surface area (TPSA) is 50.1 Å². The van der Waals surface area contributed by atoms with Gasteiger partial charge in [0.1, 0.15) is 11.2 Å². The lowest BCUT2D eigenvalue weighted by atomic mass is 9.81. The number of rotatable bonds is 3. The van der Waals surface area contributed by atoms with E-state index in [9.17, 15) is 4.79 Å². The van der Waals surface area contributed by atoms with Crippen molar-refractivity contribution in [1.82, 2.24) is 0 Å². The van der Waals surface area contributed by atoms with Crippen LogP contribution < -0.4 is 4.74 Å². The quantitative estimate of drug-likeness (QED) is 0.777. The Morgan fingerprint density at radius 2 is 1.79 bits per heavy atom. The van der Waals surface area contributed by atoms with E-state index in [0.717, 1.165) is 11.3 Å². The number of benzene rings is 1. The van der Waals surface area contributed by atoms with Crippen LogP contribution in [0, 0.1) is 16.7 Å². The number of Topliss-reactive ketones (excluding diaryl/α,β-unsaturated/α-hetero) is 1. The van der Waals surface area contributed by atoms with E-state index < -0.39 is 5.41 Å². The SMILES string of the molecule is COc1ccc(C(=O)C(C)(C)C#N)cc1C(C)(C)C. The fraction of sp³-hybridized carbons (Fsp3) is 0.500. The minimum atomic E-state index is -1.01. The fourth-order valence-corrected chi connectivity index (χ4v) is 1.85. The predicted octanol–water partition coefficient (Wildman–Crippen LogP) is 3.73. The molecule has 0 aliphatic heterocycles. The number of methoxy groups -OCH3 is 1. The van der Waals surface area contributed by atoms with Crippen LogP contribution in [0.1, 0.15) is 50.5 Å². The standard InChI is InChI=1S/C16H21NO2/c1-15(2,3)12-9-11(7-8-13(12)19-6)14(18)16(4,5)10-17/h7-9H,1-6H3. The molecular formula is C16H21NO2. The maximum atomic E-state index is 12.3. The van der Waals surface area contributed by atoms with Gasteiger partial charge in [-0.25, -0.2) is 0 Å². The summed E-state index contributed by atoms with van der Waals surface area (Å²) in [6, 6.07) is 7.39. The third-order valence-electron chi connectivity index (χ3n) is 3.12. The smallest absolute Gasteiger partial charge is 0.182 e. The van der Waals surface area contributed by atoms with Crippen LogP contribution in [-0.4, -0.2) is 12.9 Å². The van der Waals surface area contributed by atoms with Crippen molar-refractivity contribution in [3.63, 3.8) is 0 Å². The summed E-state index contributed by atoms with van der Waals surface area (Å²) in [6.45, 7) is 9.46. The van der Waals surface area contributed by atoms with E-state index in [0.29, 0.717) is 5.56 Å². The summed E-state index contributed by atoms with van der Waals surface area (Å²) in [5, 5.41) is 9.06. The molecule has 0 saturated heterocycles. The first kappa shape index (κ1) is 15.2. The third-order valence-corrected chi connectivity index (χ3v) is 3.12. The van der Waals surface area contributed by atoms with Gasteiger partial charge in [-0.15, -0.1) is 0 Å². The minimum Gasteiger partial charge on any atom is -0.496 e. The Hall–Kier alpha value is -1.82. The van der Waals surface area contributed by atoms with Crippen LogP contribution in [0.3, 0.4) is 0 Å². The number of nitriles is 1. The molecule has 0 unspecified atom stereocenters. The summed E-state index contributed by atoms with van der Waals surface area (Å²) in [5.74, 6) is 0.599. The first-order valence-corrected chi connectivity index (χ1v) is 6.28. The second-order valence-corrected chi connectivity index (χ2v) is 6.23. The van der Waals surface area contributed by atoms with Gasteiger partial charge in [-0.05, 0) is 37.5 Å². The third kappa shape index (κ3) is 3.14. The summed E-state index contributed by atoms with van der Waals surface area (Å²) < 4.78 is 5.34. The van der Waals surface area contributed by atoms with Crippen LogP contribution in [0.2, 0.25) is 0 Å². The lowest BCUT2D eigenvalue weighted by Crippen LogP contribution is -2.23. The van der Waals surface area contributed by atoms with Gasteiger partial charge < -0.3 is 4.74 Å². The Bertz CT molecular complexity index is 531. The van der Waals surface area contributed by atoms with Gasteiger partial charge >= 0.3 is 0 Å². The Morgan fingerprint density at radius 1 is 1.21 bits per heavy atom. The van der Waals surface area contributed by atoms with Crippen LogP contribution in [0.4, 0.5) is 0 Å². The number of carbonyl (C=O) groups excluding carboxylic acids is 1. The van der Waals surface area contributed by atoms with Crippen LogP contribution in [0.5, 0.6) is 5.75 Å². The summed E-state index contributed by atoms with van der Waals surface area (Å²) in [5.41, 5.74) is 0.384. The predicted molar refractivity (Wildman–Crippen MR) is 75.4 cm³/mol. The molecule has 0 amide bonds. The second-order valence-electron chi connectivity index (χ2n) is 6.23. The van der Waals surface area contributed by atoms with Gasteiger partial charge in [0.2, 0.25) is 0 Å². The zero-order valence-corrected chi connectivity index (χ0v) is 12.5. The highest BCUT2D eigenvalue weighted by molar-refractivity contribution is 6.02. The van der Waals surface area contributed by atoms with Gasteiger partial charge in [-0.1, -0.05) is 20.8 Å². The van der Waals surface area contributed by atoms with E-state index >= 15 is 0 Å². The molecule has 0 fully saturated rings. The number of nitrogens with zero attached hydrogens (tertiary/aromatic N) is 1. The van der Waals surface area contributed by atoms with Gasteiger partial charge in [0.15, 0.2) is 5.78 Å². The fourth-order valence-electron chi connectivity index (χ4n) is 1.85. The Balaban J connectivity index is 3.36. The number of hydrogen-bond donors (Lipinski definition) is 0. The van der Waals surface area contributed by atoms with E-state index in [4.69, 9.17) is 10.00 Å². The van der Waals surface area contributed by atoms with Crippen molar-refractivity contribution in [3.05, 3.63) is 29.3 Å². The van der Waals surface area contributed by atoms with Gasteiger partial charge in [-0.3, -0.25) is 4.79 Å². The van der Waals surface area contributed by atoms with Crippen molar-refractivity contribution in [3.8, 4) is 11.8 Å². The first-order valence-electron chi connectivity index (χ1n) is 6.28. The largest absolute Gasteiger partial charge is 0.496 e. The van der Waals surface area contributed by atoms with Crippen LogP contribution in [0.15, 0.2) is 18.2 Å². The lowest BCUT2D eigenvalue weighted by molar-refractivity contribution is 0.0891. The zero-order valence-electron chi connectivity index (χ0n) is 12.5. The van der Waals surface area contributed by atoms with Crippen LogP contribution >= 0.6 is 0 Å². The lowest BCUT2D eigenvalue weighted by Gasteiger charge is -2.23. The highest BCUT2D eigenvalue weighted by Gasteiger charge is 2.30. The Morgan fingerprint density at radius 3 is 2.21 bits per heavy atom. The zero-order chi connectivity index (χ0) is 14.8. The molecule has 0 heterocycles. The highest BCUT2D eigenvalue weighted by atomic mass is 16.5. The average molecular weight is 259 g/mol. The van der Waals surface area contributed by atoms with E-state index in [1.807, 2.05) is 12.1 Å². The van der Waals surface area contributed by atoms with Crippen molar-refractivity contribution < 1.29 is 9.53 Å². The van der Waals surface area contributed by atoms with E-state index in [1.54, 1.807) is 33.1 Å². The van der Waals surface area contributed by atoms with Gasteiger partial charge in [-0.2, -0.15) is 5.26 Å². The summed E-state index contributed by atoms with van der Waals surface area (Å²) in [6.07, 6.45) is 0. The van der Waals surface area contributed by atoms with Gasteiger partial charge in [0.05, 0.1) is 13.2 Å². The molecule has 0 N–H and O–H groups in total. The molecule has 0 atom stereocenters. The molecule has 3 heteroatoms. The maximum absolute atomic E-state index is 12.3. The van der Waals surface area contributed by atoms with E-state index in [-0.39, 0.29) is 11.2 Å². The molecule has 0 saturated carbocycles. The molecule has 1 rings (SSSR count). The van der Waals surface area contributed by atoms with Crippen molar-refractivity contribution in [2.24, 2.45) is 5.41 Å². The molecule has 102 valence electrons. The molecule has 1 aromatic carbocycles. The minimum absolute atomic E-state index is 0.127. The Kier molecular flexibility index (Phi) is 4.05. The van der Waals surface area contributed by atoms with Crippen molar-refractivity contribution >= 4 is 5.78 Å². The normalized spacial score (nSPS) is 11.8. The first-order chi connectivity index (χ1) is 8.63. The van der Waals surface area contributed by atoms with Crippen LogP contribution in [0.25, 0.3) is 0 Å². The number of hydrogen-bond acceptors (Lipinski definition) is 3. The molecular weight excluding hydrogens is 238 g/mol. The van der Waals surface area contributed by atoms with Gasteiger partial charge in [0, 0.05) is 11.1 Å². The molecule has 0 radical (unpaired) electrons. The van der Waals surface area contributed by atoms with Crippen LogP contribution in [-0.2, 0) is 5.41 Å².